The van der Waals surface area contributed by atoms with Gasteiger partial charge >= 0.3 is 0 Å². The van der Waals surface area contributed by atoms with Crippen LogP contribution in [-0.2, 0) is 11.2 Å². The standard InChI is InChI=1S/C19H23NO2S/c1-14-4-9-18(12-15(14)2)23-11-10-20-19(21)13-16-5-7-17(22-3)8-6-16/h4-9,12H,10-11,13H2,1-3H3,(H,20,21). The minimum atomic E-state index is 0.0517. The third kappa shape index (κ3) is 5.64. The maximum Gasteiger partial charge on any atom is 0.224 e. The van der Waals surface area contributed by atoms with Gasteiger partial charge in [0.2, 0.25) is 5.91 Å². The van der Waals surface area contributed by atoms with Gasteiger partial charge in [0.05, 0.1) is 13.5 Å². The molecule has 0 aliphatic carbocycles. The largest absolute Gasteiger partial charge is 0.497 e. The third-order valence-electron chi connectivity index (χ3n) is 3.70. The number of carbonyl (C=O) groups excluding carboxylic acids is 1. The van der Waals surface area contributed by atoms with Crippen LogP contribution in [0, 0.1) is 13.8 Å². The second-order valence-electron chi connectivity index (χ2n) is 5.47. The van der Waals surface area contributed by atoms with Crippen LogP contribution in [-0.4, -0.2) is 25.3 Å². The maximum absolute atomic E-state index is 11.9. The Kier molecular flexibility index (Phi) is 6.53. The van der Waals surface area contributed by atoms with Gasteiger partial charge in [0, 0.05) is 17.2 Å². The molecule has 0 saturated carbocycles. The first kappa shape index (κ1) is 17.4. The van der Waals surface area contributed by atoms with Crippen molar-refractivity contribution in [2.24, 2.45) is 0 Å². The van der Waals surface area contributed by atoms with E-state index >= 15 is 0 Å². The average Bonchev–Trinajstić information content (AvgIpc) is 2.55. The highest BCUT2D eigenvalue weighted by Gasteiger charge is 2.04. The first-order valence-electron chi connectivity index (χ1n) is 7.68. The van der Waals surface area contributed by atoms with E-state index in [-0.39, 0.29) is 5.91 Å². The lowest BCUT2D eigenvalue weighted by Crippen LogP contribution is -2.27. The number of amides is 1. The summed E-state index contributed by atoms with van der Waals surface area (Å²) in [6.45, 7) is 4.91. The van der Waals surface area contributed by atoms with E-state index in [9.17, 15) is 4.79 Å². The summed E-state index contributed by atoms with van der Waals surface area (Å²) in [6, 6.07) is 14.0. The van der Waals surface area contributed by atoms with Gasteiger partial charge in [-0.3, -0.25) is 4.79 Å². The first-order chi connectivity index (χ1) is 11.1. The van der Waals surface area contributed by atoms with E-state index in [1.54, 1.807) is 18.9 Å². The lowest BCUT2D eigenvalue weighted by molar-refractivity contribution is -0.120. The normalized spacial score (nSPS) is 10.4. The number of benzene rings is 2. The van der Waals surface area contributed by atoms with Crippen LogP contribution in [0.2, 0.25) is 0 Å². The van der Waals surface area contributed by atoms with E-state index in [1.165, 1.54) is 16.0 Å². The second-order valence-corrected chi connectivity index (χ2v) is 6.64. The summed E-state index contributed by atoms with van der Waals surface area (Å²) in [7, 11) is 1.63. The van der Waals surface area contributed by atoms with Gasteiger partial charge in [-0.2, -0.15) is 0 Å². The summed E-state index contributed by atoms with van der Waals surface area (Å²) >= 11 is 1.77. The van der Waals surface area contributed by atoms with E-state index < -0.39 is 0 Å². The topological polar surface area (TPSA) is 38.3 Å². The number of aryl methyl sites for hydroxylation is 2. The smallest absolute Gasteiger partial charge is 0.224 e. The number of nitrogens with one attached hydrogen (secondary N) is 1. The predicted octanol–water partition coefficient (Wildman–Crippen LogP) is 3.76. The van der Waals surface area contributed by atoms with Gasteiger partial charge in [-0.15, -0.1) is 11.8 Å². The van der Waals surface area contributed by atoms with Crippen molar-refractivity contribution in [3.63, 3.8) is 0 Å². The number of methoxy groups -OCH3 is 1. The number of rotatable bonds is 7. The molecule has 0 aromatic heterocycles. The molecule has 0 atom stereocenters. The number of ether oxygens (including phenoxy) is 1. The van der Waals surface area contributed by atoms with Crippen LogP contribution < -0.4 is 10.1 Å². The van der Waals surface area contributed by atoms with Crippen molar-refractivity contribution in [2.75, 3.05) is 19.4 Å². The summed E-state index contributed by atoms with van der Waals surface area (Å²) in [5, 5.41) is 2.96. The second kappa shape index (κ2) is 8.63. The van der Waals surface area contributed by atoms with Crippen LogP contribution >= 0.6 is 11.8 Å². The van der Waals surface area contributed by atoms with E-state index in [0.29, 0.717) is 13.0 Å². The third-order valence-corrected chi connectivity index (χ3v) is 4.69. The number of thioether (sulfide) groups is 1. The number of hydrogen-bond acceptors (Lipinski definition) is 3. The molecule has 1 N–H and O–H groups in total. The fraction of sp³-hybridized carbons (Fsp3) is 0.316. The molecule has 0 aliphatic heterocycles. The lowest BCUT2D eigenvalue weighted by Gasteiger charge is -2.07. The Morgan fingerprint density at radius 2 is 1.83 bits per heavy atom. The molecular weight excluding hydrogens is 306 g/mol. The Hall–Kier alpha value is -1.94. The van der Waals surface area contributed by atoms with Crippen LogP contribution in [0.5, 0.6) is 5.75 Å². The van der Waals surface area contributed by atoms with Crippen molar-refractivity contribution in [1.82, 2.24) is 5.32 Å². The molecule has 2 rings (SSSR count). The maximum atomic E-state index is 11.9. The molecule has 0 fully saturated rings. The van der Waals surface area contributed by atoms with Crippen LogP contribution in [0.4, 0.5) is 0 Å². The first-order valence-corrected chi connectivity index (χ1v) is 8.66. The molecule has 23 heavy (non-hydrogen) atoms. The Morgan fingerprint density at radius 1 is 1.09 bits per heavy atom. The number of carbonyl (C=O) groups is 1. The quantitative estimate of drug-likeness (QED) is 0.621. The molecule has 0 unspecified atom stereocenters. The summed E-state index contributed by atoms with van der Waals surface area (Å²) in [4.78, 5) is 13.2. The Bertz CT molecular complexity index is 653. The molecule has 0 radical (unpaired) electrons. The van der Waals surface area contributed by atoms with Crippen molar-refractivity contribution in [3.8, 4) is 5.75 Å². The molecule has 0 saturated heterocycles. The van der Waals surface area contributed by atoms with Crippen molar-refractivity contribution in [3.05, 3.63) is 59.2 Å². The van der Waals surface area contributed by atoms with Gasteiger partial charge in [0.15, 0.2) is 0 Å². The summed E-state index contributed by atoms with van der Waals surface area (Å²) < 4.78 is 5.11. The highest BCUT2D eigenvalue weighted by atomic mass is 32.2. The molecule has 122 valence electrons. The Balaban J connectivity index is 1.70. The van der Waals surface area contributed by atoms with Crippen molar-refractivity contribution < 1.29 is 9.53 Å². The van der Waals surface area contributed by atoms with Gasteiger partial charge < -0.3 is 10.1 Å². The highest BCUT2D eigenvalue weighted by Crippen LogP contribution is 2.20. The molecule has 4 heteroatoms. The van der Waals surface area contributed by atoms with Crippen molar-refractivity contribution in [2.45, 2.75) is 25.2 Å². The van der Waals surface area contributed by atoms with Gasteiger partial charge in [-0.05, 0) is 54.8 Å². The molecule has 0 bridgehead atoms. The Morgan fingerprint density at radius 3 is 2.48 bits per heavy atom. The molecule has 0 heterocycles. The molecule has 0 aliphatic rings. The van der Waals surface area contributed by atoms with Gasteiger partial charge in [-0.25, -0.2) is 0 Å². The molecule has 1 amide bonds. The van der Waals surface area contributed by atoms with E-state index in [1.807, 2.05) is 24.3 Å². The minimum absolute atomic E-state index is 0.0517. The van der Waals surface area contributed by atoms with Crippen molar-refractivity contribution in [1.29, 1.82) is 0 Å². The van der Waals surface area contributed by atoms with Crippen molar-refractivity contribution >= 4 is 17.7 Å². The average molecular weight is 329 g/mol. The van der Waals surface area contributed by atoms with Gasteiger partial charge in [0.25, 0.3) is 0 Å². The van der Waals surface area contributed by atoms with Crippen LogP contribution in [0.3, 0.4) is 0 Å². The lowest BCUT2D eigenvalue weighted by atomic mass is 10.1. The molecular formula is C19H23NO2S. The fourth-order valence-electron chi connectivity index (χ4n) is 2.15. The predicted molar refractivity (Wildman–Crippen MR) is 96.3 cm³/mol. The van der Waals surface area contributed by atoms with E-state index in [0.717, 1.165) is 17.1 Å². The molecule has 0 spiro atoms. The molecule has 2 aromatic rings. The summed E-state index contributed by atoms with van der Waals surface area (Å²) in [5.74, 6) is 1.73. The zero-order valence-electron chi connectivity index (χ0n) is 13.9. The minimum Gasteiger partial charge on any atom is -0.497 e. The molecule has 3 nitrogen and oxygen atoms in total. The highest BCUT2D eigenvalue weighted by molar-refractivity contribution is 7.99. The summed E-state index contributed by atoms with van der Waals surface area (Å²) in [6.07, 6.45) is 0.401. The van der Waals surface area contributed by atoms with Crippen LogP contribution in [0.15, 0.2) is 47.4 Å². The zero-order chi connectivity index (χ0) is 16.7. The SMILES string of the molecule is COc1ccc(CC(=O)NCCSc2ccc(C)c(C)c2)cc1. The zero-order valence-corrected chi connectivity index (χ0v) is 14.7. The number of hydrogen-bond donors (Lipinski definition) is 1. The van der Waals surface area contributed by atoms with E-state index in [2.05, 4.69) is 37.4 Å². The monoisotopic (exact) mass is 329 g/mol. The van der Waals surface area contributed by atoms with Crippen LogP contribution in [0.25, 0.3) is 0 Å². The van der Waals surface area contributed by atoms with Crippen LogP contribution in [0.1, 0.15) is 16.7 Å². The summed E-state index contributed by atoms with van der Waals surface area (Å²) in [5.41, 5.74) is 3.60. The Labute approximate surface area is 142 Å². The van der Waals surface area contributed by atoms with E-state index in [4.69, 9.17) is 4.74 Å². The fourth-order valence-corrected chi connectivity index (χ4v) is 3.02. The molecule has 2 aromatic carbocycles. The van der Waals surface area contributed by atoms with Gasteiger partial charge in [0.1, 0.15) is 5.75 Å². The van der Waals surface area contributed by atoms with Gasteiger partial charge in [-0.1, -0.05) is 18.2 Å².